The molecule has 100 valence electrons. The van der Waals surface area contributed by atoms with E-state index < -0.39 is 0 Å². The molecule has 0 aromatic carbocycles. The van der Waals surface area contributed by atoms with Crippen molar-refractivity contribution in [2.45, 2.75) is 20.0 Å². The van der Waals surface area contributed by atoms with E-state index in [2.05, 4.69) is 20.3 Å². The molecule has 5 heteroatoms. The average Bonchev–Trinajstić information content (AvgIpc) is 2.40. The number of nitrogens with one attached hydrogen (secondary N) is 1. The Morgan fingerprint density at radius 2 is 2.00 bits per heavy atom. The van der Waals surface area contributed by atoms with Crippen LogP contribution in [0.2, 0.25) is 0 Å². The number of hydrogen-bond acceptors (Lipinski definition) is 5. The molecule has 5 nitrogen and oxygen atoms in total. The highest BCUT2D eigenvalue weighted by atomic mass is 16.5. The highest BCUT2D eigenvalue weighted by Crippen LogP contribution is 2.11. The van der Waals surface area contributed by atoms with Crippen molar-refractivity contribution in [3.05, 3.63) is 47.7 Å². The van der Waals surface area contributed by atoms with Gasteiger partial charge in [0.15, 0.2) is 0 Å². The summed E-state index contributed by atoms with van der Waals surface area (Å²) in [6, 6.07) is 5.86. The second-order valence-electron chi connectivity index (χ2n) is 4.16. The number of rotatable bonds is 6. The first-order valence-corrected chi connectivity index (χ1v) is 6.30. The third-order valence-electron chi connectivity index (χ3n) is 2.59. The van der Waals surface area contributed by atoms with Crippen LogP contribution in [0.15, 0.2) is 30.6 Å². The molecular formula is C14H18N4O. The van der Waals surface area contributed by atoms with E-state index in [1.807, 2.05) is 25.1 Å². The fourth-order valence-electron chi connectivity index (χ4n) is 1.81. The number of pyridine rings is 1. The third-order valence-corrected chi connectivity index (χ3v) is 2.59. The molecule has 19 heavy (non-hydrogen) atoms. The molecule has 0 aliphatic heterocycles. The smallest absolute Gasteiger partial charge is 0.135 e. The van der Waals surface area contributed by atoms with Gasteiger partial charge in [-0.3, -0.25) is 4.98 Å². The molecule has 2 heterocycles. The van der Waals surface area contributed by atoms with E-state index in [1.54, 1.807) is 19.5 Å². The zero-order valence-electron chi connectivity index (χ0n) is 11.3. The van der Waals surface area contributed by atoms with Crippen molar-refractivity contribution >= 4 is 5.82 Å². The minimum atomic E-state index is 0.490. The van der Waals surface area contributed by atoms with Gasteiger partial charge in [-0.1, -0.05) is 0 Å². The largest absolute Gasteiger partial charge is 0.378 e. The van der Waals surface area contributed by atoms with Crippen molar-refractivity contribution in [3.63, 3.8) is 0 Å². The third kappa shape index (κ3) is 3.99. The van der Waals surface area contributed by atoms with Crippen molar-refractivity contribution in [2.24, 2.45) is 0 Å². The SMILES string of the molecule is CCNc1cc(COC)nc(Cc2ccncc2)n1. The van der Waals surface area contributed by atoms with Gasteiger partial charge in [-0.15, -0.1) is 0 Å². The molecule has 0 atom stereocenters. The molecule has 2 rings (SSSR count). The molecule has 0 bridgehead atoms. The van der Waals surface area contributed by atoms with Crippen molar-refractivity contribution in [2.75, 3.05) is 19.0 Å². The van der Waals surface area contributed by atoms with E-state index in [4.69, 9.17) is 4.74 Å². The molecule has 0 radical (unpaired) electrons. The lowest BCUT2D eigenvalue weighted by molar-refractivity contribution is 0.181. The predicted molar refractivity (Wildman–Crippen MR) is 74.0 cm³/mol. The van der Waals surface area contributed by atoms with Crippen molar-refractivity contribution in [3.8, 4) is 0 Å². The summed E-state index contributed by atoms with van der Waals surface area (Å²) < 4.78 is 5.14. The molecule has 0 saturated carbocycles. The lowest BCUT2D eigenvalue weighted by Gasteiger charge is -2.08. The second kappa shape index (κ2) is 6.80. The summed E-state index contributed by atoms with van der Waals surface area (Å²) in [4.78, 5) is 13.0. The quantitative estimate of drug-likeness (QED) is 0.859. The number of nitrogens with zero attached hydrogens (tertiary/aromatic N) is 3. The van der Waals surface area contributed by atoms with Crippen LogP contribution in [0.1, 0.15) is 24.0 Å². The van der Waals surface area contributed by atoms with Gasteiger partial charge in [-0.05, 0) is 24.6 Å². The molecule has 0 unspecified atom stereocenters. The summed E-state index contributed by atoms with van der Waals surface area (Å²) in [7, 11) is 1.66. The fraction of sp³-hybridized carbons (Fsp3) is 0.357. The van der Waals surface area contributed by atoms with Crippen LogP contribution >= 0.6 is 0 Å². The van der Waals surface area contributed by atoms with Crippen molar-refractivity contribution in [1.29, 1.82) is 0 Å². The lowest BCUT2D eigenvalue weighted by atomic mass is 10.2. The summed E-state index contributed by atoms with van der Waals surface area (Å²) in [6.07, 6.45) is 4.25. The summed E-state index contributed by atoms with van der Waals surface area (Å²) >= 11 is 0. The lowest BCUT2D eigenvalue weighted by Crippen LogP contribution is -2.07. The Bertz CT molecular complexity index is 492. The minimum Gasteiger partial charge on any atom is -0.378 e. The maximum Gasteiger partial charge on any atom is 0.135 e. The van der Waals surface area contributed by atoms with Gasteiger partial charge >= 0.3 is 0 Å². The zero-order valence-corrected chi connectivity index (χ0v) is 11.3. The van der Waals surface area contributed by atoms with Crippen LogP contribution in [0.4, 0.5) is 5.82 Å². The van der Waals surface area contributed by atoms with Crippen LogP contribution in [0, 0.1) is 0 Å². The Labute approximate surface area is 113 Å². The minimum absolute atomic E-state index is 0.490. The Kier molecular flexibility index (Phi) is 4.80. The highest BCUT2D eigenvalue weighted by molar-refractivity contribution is 5.36. The average molecular weight is 258 g/mol. The van der Waals surface area contributed by atoms with Gasteiger partial charge in [-0.2, -0.15) is 0 Å². The molecule has 2 aromatic heterocycles. The number of anilines is 1. The maximum atomic E-state index is 5.14. The van der Waals surface area contributed by atoms with E-state index in [0.717, 1.165) is 29.4 Å². The van der Waals surface area contributed by atoms with E-state index in [0.29, 0.717) is 13.0 Å². The molecule has 0 saturated heterocycles. The molecule has 0 spiro atoms. The normalized spacial score (nSPS) is 10.4. The number of aromatic nitrogens is 3. The van der Waals surface area contributed by atoms with Crippen molar-refractivity contribution < 1.29 is 4.74 Å². The van der Waals surface area contributed by atoms with Gasteiger partial charge in [-0.25, -0.2) is 9.97 Å². The summed E-state index contributed by atoms with van der Waals surface area (Å²) in [5, 5.41) is 3.21. The fourth-order valence-corrected chi connectivity index (χ4v) is 1.81. The van der Waals surface area contributed by atoms with Crippen molar-refractivity contribution in [1.82, 2.24) is 15.0 Å². The first-order chi connectivity index (χ1) is 9.31. The van der Waals surface area contributed by atoms with E-state index in [-0.39, 0.29) is 0 Å². The van der Waals surface area contributed by atoms with Crippen LogP contribution in [-0.4, -0.2) is 28.6 Å². The summed E-state index contributed by atoms with van der Waals surface area (Å²) in [5.41, 5.74) is 2.03. The molecule has 2 aromatic rings. The van der Waals surface area contributed by atoms with Crippen LogP contribution < -0.4 is 5.32 Å². The molecule has 0 aliphatic rings. The van der Waals surface area contributed by atoms with E-state index in [1.165, 1.54) is 0 Å². The Balaban J connectivity index is 2.23. The van der Waals surface area contributed by atoms with E-state index >= 15 is 0 Å². The van der Waals surface area contributed by atoms with Gasteiger partial charge in [0, 0.05) is 38.5 Å². The van der Waals surface area contributed by atoms with Gasteiger partial charge in [0.1, 0.15) is 11.6 Å². The number of methoxy groups -OCH3 is 1. The topological polar surface area (TPSA) is 59.9 Å². The van der Waals surface area contributed by atoms with Crippen LogP contribution in [0.5, 0.6) is 0 Å². The highest BCUT2D eigenvalue weighted by Gasteiger charge is 2.05. The van der Waals surface area contributed by atoms with E-state index in [9.17, 15) is 0 Å². The predicted octanol–water partition coefficient (Wildman–Crippen LogP) is 2.04. The zero-order chi connectivity index (χ0) is 13.5. The summed E-state index contributed by atoms with van der Waals surface area (Å²) in [5.74, 6) is 1.63. The molecule has 0 amide bonds. The molecular weight excluding hydrogens is 240 g/mol. The first-order valence-electron chi connectivity index (χ1n) is 6.30. The Morgan fingerprint density at radius 1 is 1.21 bits per heavy atom. The van der Waals surface area contributed by atoms with Crippen LogP contribution in [-0.2, 0) is 17.8 Å². The summed E-state index contributed by atoms with van der Waals surface area (Å²) in [6.45, 7) is 3.36. The number of hydrogen-bond donors (Lipinski definition) is 1. The number of ether oxygens (including phenoxy) is 1. The maximum absolute atomic E-state index is 5.14. The Morgan fingerprint density at radius 3 is 2.68 bits per heavy atom. The molecule has 0 aliphatic carbocycles. The van der Waals surface area contributed by atoms with Gasteiger partial charge < -0.3 is 10.1 Å². The van der Waals surface area contributed by atoms with Crippen LogP contribution in [0.25, 0.3) is 0 Å². The molecule has 1 N–H and O–H groups in total. The monoisotopic (exact) mass is 258 g/mol. The second-order valence-corrected chi connectivity index (χ2v) is 4.16. The van der Waals surface area contributed by atoms with Gasteiger partial charge in [0.2, 0.25) is 0 Å². The molecule has 0 fully saturated rings. The standard InChI is InChI=1S/C14H18N4O/c1-3-16-13-9-12(10-19-2)17-14(18-13)8-11-4-6-15-7-5-11/h4-7,9H,3,8,10H2,1-2H3,(H,16,17,18). The van der Waals surface area contributed by atoms with Gasteiger partial charge in [0.25, 0.3) is 0 Å². The Hall–Kier alpha value is -2.01. The van der Waals surface area contributed by atoms with Gasteiger partial charge in [0.05, 0.1) is 12.3 Å². The van der Waals surface area contributed by atoms with Crippen LogP contribution in [0.3, 0.4) is 0 Å². The first kappa shape index (κ1) is 13.4.